The molecule has 1 fully saturated rings. The van der Waals surface area contributed by atoms with Crippen LogP contribution in [0.2, 0.25) is 0 Å². The Hall–Kier alpha value is -0.380. The third-order valence-corrected chi connectivity index (χ3v) is 4.07. The van der Waals surface area contributed by atoms with Crippen molar-refractivity contribution in [2.24, 2.45) is 0 Å². The van der Waals surface area contributed by atoms with Crippen molar-refractivity contribution in [2.45, 2.75) is 50.4 Å². The fraction of sp³-hybridized carbons (Fsp3) is 0.909. The van der Waals surface area contributed by atoms with Crippen LogP contribution in [-0.2, 0) is 4.74 Å². The zero-order valence-electron chi connectivity index (χ0n) is 10.1. The van der Waals surface area contributed by atoms with E-state index in [1.807, 2.05) is 32.5 Å². The van der Waals surface area contributed by atoms with E-state index in [4.69, 9.17) is 4.74 Å². The smallest absolute Gasteiger partial charge is 0.407 e. The van der Waals surface area contributed by atoms with E-state index in [-0.39, 0.29) is 10.8 Å². The molecule has 15 heavy (non-hydrogen) atoms. The van der Waals surface area contributed by atoms with Crippen molar-refractivity contribution in [3.05, 3.63) is 0 Å². The SMILES string of the molecule is CSC1(CNC(=O)OC(C)(C)C)CCC1. The molecule has 0 aromatic heterocycles. The number of ether oxygens (including phenoxy) is 1. The summed E-state index contributed by atoms with van der Waals surface area (Å²) in [5, 5.41) is 2.85. The van der Waals surface area contributed by atoms with Crippen molar-refractivity contribution >= 4 is 17.9 Å². The lowest BCUT2D eigenvalue weighted by atomic mass is 9.84. The molecule has 0 aliphatic heterocycles. The molecule has 4 heteroatoms. The topological polar surface area (TPSA) is 38.3 Å². The summed E-state index contributed by atoms with van der Waals surface area (Å²) in [7, 11) is 0. The van der Waals surface area contributed by atoms with Gasteiger partial charge in [0.25, 0.3) is 0 Å². The van der Waals surface area contributed by atoms with E-state index in [1.165, 1.54) is 19.3 Å². The van der Waals surface area contributed by atoms with Gasteiger partial charge >= 0.3 is 6.09 Å². The first-order chi connectivity index (χ1) is 6.87. The molecule has 0 unspecified atom stereocenters. The Morgan fingerprint density at radius 3 is 2.40 bits per heavy atom. The number of carbonyl (C=O) groups is 1. The molecule has 0 heterocycles. The average molecular weight is 231 g/mol. The molecule has 1 N–H and O–H groups in total. The predicted molar refractivity (Wildman–Crippen MR) is 64.3 cm³/mol. The molecule has 0 aromatic carbocycles. The first-order valence-corrected chi connectivity index (χ1v) is 6.61. The van der Waals surface area contributed by atoms with E-state index in [9.17, 15) is 4.79 Å². The molecular formula is C11H21NO2S. The van der Waals surface area contributed by atoms with Gasteiger partial charge in [-0.2, -0.15) is 11.8 Å². The van der Waals surface area contributed by atoms with Crippen LogP contribution in [0.15, 0.2) is 0 Å². The maximum absolute atomic E-state index is 11.4. The Bertz CT molecular complexity index is 226. The summed E-state index contributed by atoms with van der Waals surface area (Å²) in [5.41, 5.74) is -0.407. The van der Waals surface area contributed by atoms with E-state index in [0.717, 1.165) is 6.54 Å². The summed E-state index contributed by atoms with van der Waals surface area (Å²) in [4.78, 5) is 11.4. The Morgan fingerprint density at radius 2 is 2.07 bits per heavy atom. The second-order valence-corrected chi connectivity index (χ2v) is 6.37. The molecule has 3 nitrogen and oxygen atoms in total. The number of thioether (sulfide) groups is 1. The van der Waals surface area contributed by atoms with Crippen LogP contribution in [0.4, 0.5) is 4.79 Å². The van der Waals surface area contributed by atoms with Crippen molar-refractivity contribution < 1.29 is 9.53 Å². The van der Waals surface area contributed by atoms with Gasteiger partial charge in [0.15, 0.2) is 0 Å². The molecular weight excluding hydrogens is 210 g/mol. The molecule has 1 aliphatic rings. The Morgan fingerprint density at radius 1 is 1.47 bits per heavy atom. The summed E-state index contributed by atoms with van der Waals surface area (Å²) < 4.78 is 5.46. The van der Waals surface area contributed by atoms with Crippen LogP contribution < -0.4 is 5.32 Å². The fourth-order valence-electron chi connectivity index (χ4n) is 1.57. The molecule has 0 atom stereocenters. The Balaban J connectivity index is 2.27. The summed E-state index contributed by atoms with van der Waals surface area (Å²) in [5.74, 6) is 0. The van der Waals surface area contributed by atoms with Crippen molar-refractivity contribution in [2.75, 3.05) is 12.8 Å². The third-order valence-electron chi connectivity index (χ3n) is 2.65. The van der Waals surface area contributed by atoms with Crippen LogP contribution in [0, 0.1) is 0 Å². The highest BCUT2D eigenvalue weighted by Gasteiger charge is 2.36. The van der Waals surface area contributed by atoms with Crippen molar-refractivity contribution in [3.8, 4) is 0 Å². The van der Waals surface area contributed by atoms with Crippen LogP contribution >= 0.6 is 11.8 Å². The van der Waals surface area contributed by atoms with Gasteiger partial charge in [-0.3, -0.25) is 0 Å². The highest BCUT2D eigenvalue weighted by molar-refractivity contribution is 8.00. The zero-order chi connectivity index (χ0) is 11.5. The number of carbonyl (C=O) groups excluding carboxylic acids is 1. The highest BCUT2D eigenvalue weighted by atomic mass is 32.2. The number of hydrogen-bond acceptors (Lipinski definition) is 3. The lowest BCUT2D eigenvalue weighted by Crippen LogP contribution is -2.46. The van der Waals surface area contributed by atoms with Gasteiger partial charge in [-0.05, 0) is 39.9 Å². The first kappa shape index (κ1) is 12.7. The van der Waals surface area contributed by atoms with Gasteiger partial charge in [-0.25, -0.2) is 4.79 Å². The minimum atomic E-state index is -0.407. The van der Waals surface area contributed by atoms with E-state index < -0.39 is 5.60 Å². The fourth-order valence-corrected chi connectivity index (χ4v) is 2.49. The molecule has 1 saturated carbocycles. The van der Waals surface area contributed by atoms with E-state index in [1.54, 1.807) is 0 Å². The van der Waals surface area contributed by atoms with Crippen LogP contribution in [0.3, 0.4) is 0 Å². The summed E-state index contributed by atoms with van der Waals surface area (Å²) in [6, 6.07) is 0. The largest absolute Gasteiger partial charge is 0.444 e. The molecule has 0 radical (unpaired) electrons. The number of alkyl carbamates (subject to hydrolysis) is 1. The number of nitrogens with one attached hydrogen (secondary N) is 1. The lowest BCUT2D eigenvalue weighted by Gasteiger charge is -2.40. The molecule has 88 valence electrons. The molecule has 0 saturated heterocycles. The maximum Gasteiger partial charge on any atom is 0.407 e. The second kappa shape index (κ2) is 4.64. The predicted octanol–water partition coefficient (Wildman–Crippen LogP) is 2.80. The number of amides is 1. The van der Waals surface area contributed by atoms with Gasteiger partial charge in [-0.1, -0.05) is 6.42 Å². The van der Waals surface area contributed by atoms with Gasteiger partial charge in [-0.15, -0.1) is 0 Å². The van der Waals surface area contributed by atoms with Crippen molar-refractivity contribution in [1.29, 1.82) is 0 Å². The van der Waals surface area contributed by atoms with Gasteiger partial charge < -0.3 is 10.1 Å². The number of rotatable bonds is 3. The van der Waals surface area contributed by atoms with Gasteiger partial charge in [0, 0.05) is 11.3 Å². The molecule has 0 bridgehead atoms. The lowest BCUT2D eigenvalue weighted by molar-refractivity contribution is 0.0516. The second-order valence-electron chi connectivity index (χ2n) is 5.10. The van der Waals surface area contributed by atoms with E-state index >= 15 is 0 Å². The average Bonchev–Trinajstić information content (AvgIpc) is 1.99. The normalized spacial score (nSPS) is 19.2. The van der Waals surface area contributed by atoms with Crippen LogP contribution in [0.25, 0.3) is 0 Å². The summed E-state index contributed by atoms with van der Waals surface area (Å²) in [6.07, 6.45) is 5.48. The molecule has 1 amide bonds. The monoisotopic (exact) mass is 231 g/mol. The third kappa shape index (κ3) is 3.93. The quantitative estimate of drug-likeness (QED) is 0.811. The highest BCUT2D eigenvalue weighted by Crippen LogP contribution is 2.42. The van der Waals surface area contributed by atoms with E-state index in [2.05, 4.69) is 11.6 Å². The van der Waals surface area contributed by atoms with Gasteiger partial charge in [0.05, 0.1) is 0 Å². The maximum atomic E-state index is 11.4. The summed E-state index contributed by atoms with van der Waals surface area (Å²) in [6.45, 7) is 6.35. The van der Waals surface area contributed by atoms with Crippen LogP contribution in [0.5, 0.6) is 0 Å². The molecule has 1 aliphatic carbocycles. The number of hydrogen-bond donors (Lipinski definition) is 1. The standard InChI is InChI=1S/C11H21NO2S/c1-10(2,3)14-9(13)12-8-11(15-4)6-5-7-11/h5-8H2,1-4H3,(H,12,13). The van der Waals surface area contributed by atoms with Gasteiger partial charge in [0.1, 0.15) is 5.60 Å². The van der Waals surface area contributed by atoms with Crippen molar-refractivity contribution in [1.82, 2.24) is 5.32 Å². The Kier molecular flexibility index (Phi) is 3.93. The first-order valence-electron chi connectivity index (χ1n) is 5.39. The van der Waals surface area contributed by atoms with Gasteiger partial charge in [0.2, 0.25) is 0 Å². The van der Waals surface area contributed by atoms with Crippen LogP contribution in [-0.4, -0.2) is 29.2 Å². The van der Waals surface area contributed by atoms with Crippen LogP contribution in [0.1, 0.15) is 40.0 Å². The zero-order valence-corrected chi connectivity index (χ0v) is 10.9. The minimum absolute atomic E-state index is 0.275. The summed E-state index contributed by atoms with van der Waals surface area (Å²) >= 11 is 1.85. The molecule has 0 aromatic rings. The molecule has 1 rings (SSSR count). The Labute approximate surface area is 96.3 Å². The van der Waals surface area contributed by atoms with E-state index in [0.29, 0.717) is 0 Å². The van der Waals surface area contributed by atoms with Crippen molar-refractivity contribution in [3.63, 3.8) is 0 Å². The minimum Gasteiger partial charge on any atom is -0.444 e. The molecule has 0 spiro atoms.